The molecule has 0 saturated carbocycles. The number of nitrogens with two attached hydrogens (primary N) is 1. The molecule has 1 nitrogen and oxygen atoms in total. The standard InChI is InChI=1S/C11H12BrNS/c1-2-9-11(13)8-5-7(6-12)3-4-10(8)14-9/h3-5H,2,6,13H2,1H3. The van der Waals surface area contributed by atoms with Crippen LogP contribution in [0.2, 0.25) is 0 Å². The van der Waals surface area contributed by atoms with Crippen molar-refractivity contribution < 1.29 is 0 Å². The van der Waals surface area contributed by atoms with Crippen LogP contribution >= 0.6 is 27.3 Å². The summed E-state index contributed by atoms with van der Waals surface area (Å²) in [6.07, 6.45) is 1.02. The van der Waals surface area contributed by atoms with Crippen molar-refractivity contribution in [1.82, 2.24) is 0 Å². The first-order valence-corrected chi connectivity index (χ1v) is 6.55. The van der Waals surface area contributed by atoms with Gasteiger partial charge in [0.1, 0.15) is 0 Å². The number of thiophene rings is 1. The number of benzene rings is 1. The molecule has 1 heterocycles. The molecule has 1 aromatic carbocycles. The summed E-state index contributed by atoms with van der Waals surface area (Å²) in [6.45, 7) is 2.15. The van der Waals surface area contributed by atoms with Crippen LogP contribution in [0, 0.1) is 0 Å². The monoisotopic (exact) mass is 269 g/mol. The molecule has 0 fully saturated rings. The van der Waals surface area contributed by atoms with Crippen molar-refractivity contribution in [2.75, 3.05) is 5.73 Å². The number of nitrogen functional groups attached to an aromatic ring is 1. The topological polar surface area (TPSA) is 26.0 Å². The van der Waals surface area contributed by atoms with Gasteiger partial charge in [0, 0.05) is 20.3 Å². The molecule has 0 amide bonds. The van der Waals surface area contributed by atoms with Crippen molar-refractivity contribution in [2.45, 2.75) is 18.7 Å². The minimum absolute atomic E-state index is 0.889. The van der Waals surface area contributed by atoms with Crippen LogP contribution in [0.3, 0.4) is 0 Å². The summed E-state index contributed by atoms with van der Waals surface area (Å²) in [6, 6.07) is 6.48. The predicted molar refractivity (Wildman–Crippen MR) is 68.2 cm³/mol. The molecule has 0 bridgehead atoms. The van der Waals surface area contributed by atoms with Gasteiger partial charge >= 0.3 is 0 Å². The van der Waals surface area contributed by atoms with Gasteiger partial charge in [0.05, 0.1) is 5.69 Å². The van der Waals surface area contributed by atoms with Crippen LogP contribution in [0.5, 0.6) is 0 Å². The smallest absolute Gasteiger partial charge is 0.0535 e. The van der Waals surface area contributed by atoms with E-state index in [1.807, 2.05) is 0 Å². The number of halogens is 1. The highest BCUT2D eigenvalue weighted by Gasteiger charge is 2.07. The predicted octanol–water partition coefficient (Wildman–Crippen LogP) is 3.94. The normalized spacial score (nSPS) is 11.0. The quantitative estimate of drug-likeness (QED) is 0.822. The van der Waals surface area contributed by atoms with Gasteiger partial charge in [-0.1, -0.05) is 28.9 Å². The van der Waals surface area contributed by atoms with Gasteiger partial charge in [0.2, 0.25) is 0 Å². The second-order valence-corrected chi connectivity index (χ2v) is 4.95. The molecule has 14 heavy (non-hydrogen) atoms. The average molecular weight is 270 g/mol. The summed E-state index contributed by atoms with van der Waals surface area (Å²) in [5.74, 6) is 0. The molecule has 2 N–H and O–H groups in total. The van der Waals surface area contributed by atoms with Crippen LogP contribution < -0.4 is 5.73 Å². The molecular weight excluding hydrogens is 258 g/mol. The number of rotatable bonds is 2. The molecule has 0 aliphatic rings. The van der Waals surface area contributed by atoms with E-state index in [1.165, 1.54) is 20.5 Å². The second kappa shape index (κ2) is 3.91. The van der Waals surface area contributed by atoms with E-state index in [9.17, 15) is 0 Å². The summed E-state index contributed by atoms with van der Waals surface area (Å²) < 4.78 is 1.30. The van der Waals surface area contributed by atoms with Crippen LogP contribution in [0.25, 0.3) is 10.1 Å². The van der Waals surface area contributed by atoms with E-state index in [0.29, 0.717) is 0 Å². The molecule has 3 heteroatoms. The lowest BCUT2D eigenvalue weighted by atomic mass is 10.1. The number of hydrogen-bond acceptors (Lipinski definition) is 2. The summed E-state index contributed by atoms with van der Waals surface area (Å²) in [5, 5.41) is 2.10. The molecule has 0 aliphatic heterocycles. The van der Waals surface area contributed by atoms with Crippen molar-refractivity contribution in [3.8, 4) is 0 Å². The highest BCUT2D eigenvalue weighted by molar-refractivity contribution is 9.08. The Balaban J connectivity index is 2.68. The molecular formula is C11H12BrNS. The minimum Gasteiger partial charge on any atom is -0.397 e. The molecule has 74 valence electrons. The Morgan fingerprint density at radius 1 is 1.43 bits per heavy atom. The van der Waals surface area contributed by atoms with Crippen molar-refractivity contribution in [1.29, 1.82) is 0 Å². The Labute approximate surface area is 96.1 Å². The van der Waals surface area contributed by atoms with Crippen LogP contribution in [-0.4, -0.2) is 0 Å². The maximum Gasteiger partial charge on any atom is 0.0535 e. The molecule has 2 aromatic rings. The second-order valence-electron chi connectivity index (χ2n) is 3.26. The molecule has 0 saturated heterocycles. The fourth-order valence-electron chi connectivity index (χ4n) is 1.56. The zero-order valence-corrected chi connectivity index (χ0v) is 10.4. The van der Waals surface area contributed by atoms with Gasteiger partial charge in [-0.2, -0.15) is 0 Å². The Bertz CT molecular complexity index is 462. The summed E-state index contributed by atoms with van der Waals surface area (Å²) >= 11 is 5.26. The van der Waals surface area contributed by atoms with Gasteiger partial charge in [0.25, 0.3) is 0 Å². The molecule has 1 aromatic heterocycles. The fraction of sp³-hybridized carbons (Fsp3) is 0.273. The molecule has 0 radical (unpaired) electrons. The molecule has 2 rings (SSSR count). The Morgan fingerprint density at radius 2 is 2.21 bits per heavy atom. The minimum atomic E-state index is 0.889. The largest absolute Gasteiger partial charge is 0.397 e. The van der Waals surface area contributed by atoms with Crippen molar-refractivity contribution in [2.24, 2.45) is 0 Å². The van der Waals surface area contributed by atoms with E-state index >= 15 is 0 Å². The SMILES string of the molecule is CCc1sc2ccc(CBr)cc2c1N. The molecule has 0 aliphatic carbocycles. The van der Waals surface area contributed by atoms with E-state index in [0.717, 1.165) is 17.4 Å². The molecule has 0 atom stereocenters. The summed E-state index contributed by atoms with van der Waals surface area (Å²) in [7, 11) is 0. The van der Waals surface area contributed by atoms with Crippen LogP contribution in [0.4, 0.5) is 5.69 Å². The van der Waals surface area contributed by atoms with Gasteiger partial charge in [-0.25, -0.2) is 0 Å². The third-order valence-corrected chi connectivity index (χ3v) is 4.32. The van der Waals surface area contributed by atoms with Crippen molar-refractivity contribution in [3.63, 3.8) is 0 Å². The van der Waals surface area contributed by atoms with E-state index in [2.05, 4.69) is 41.1 Å². The van der Waals surface area contributed by atoms with E-state index < -0.39 is 0 Å². The first-order chi connectivity index (χ1) is 6.76. The van der Waals surface area contributed by atoms with Gasteiger partial charge in [-0.15, -0.1) is 11.3 Å². The highest BCUT2D eigenvalue weighted by Crippen LogP contribution is 2.34. The number of fused-ring (bicyclic) bond motifs is 1. The average Bonchev–Trinajstić information content (AvgIpc) is 2.55. The van der Waals surface area contributed by atoms with Gasteiger partial charge in [-0.3, -0.25) is 0 Å². The zero-order chi connectivity index (χ0) is 10.1. The van der Waals surface area contributed by atoms with E-state index in [4.69, 9.17) is 5.73 Å². The first-order valence-electron chi connectivity index (χ1n) is 4.62. The van der Waals surface area contributed by atoms with Crippen molar-refractivity contribution in [3.05, 3.63) is 28.6 Å². The van der Waals surface area contributed by atoms with Crippen molar-refractivity contribution >= 4 is 43.0 Å². The third-order valence-electron chi connectivity index (χ3n) is 2.34. The maximum atomic E-state index is 6.07. The third kappa shape index (κ3) is 1.55. The fourth-order valence-corrected chi connectivity index (χ4v) is 2.95. The Kier molecular flexibility index (Phi) is 2.79. The number of anilines is 1. The zero-order valence-electron chi connectivity index (χ0n) is 8.01. The van der Waals surface area contributed by atoms with Gasteiger partial charge < -0.3 is 5.73 Å². The van der Waals surface area contributed by atoms with Crippen LogP contribution in [0.1, 0.15) is 17.4 Å². The highest BCUT2D eigenvalue weighted by atomic mass is 79.9. The lowest BCUT2D eigenvalue weighted by Gasteiger charge is -1.96. The number of alkyl halides is 1. The van der Waals surface area contributed by atoms with E-state index in [1.54, 1.807) is 11.3 Å². The Hall–Kier alpha value is -0.540. The Morgan fingerprint density at radius 3 is 2.86 bits per heavy atom. The van der Waals surface area contributed by atoms with Gasteiger partial charge in [0.15, 0.2) is 0 Å². The molecule has 0 spiro atoms. The lowest BCUT2D eigenvalue weighted by molar-refractivity contribution is 1.19. The summed E-state index contributed by atoms with van der Waals surface area (Å²) in [4.78, 5) is 1.30. The number of aryl methyl sites for hydroxylation is 1. The van der Waals surface area contributed by atoms with E-state index in [-0.39, 0.29) is 0 Å². The number of hydrogen-bond donors (Lipinski definition) is 1. The molecule has 0 unspecified atom stereocenters. The maximum absolute atomic E-state index is 6.07. The summed E-state index contributed by atoms with van der Waals surface area (Å²) in [5.41, 5.74) is 8.32. The lowest BCUT2D eigenvalue weighted by Crippen LogP contribution is -1.87. The van der Waals surface area contributed by atoms with Crippen LogP contribution in [-0.2, 0) is 11.8 Å². The first kappa shape index (κ1) is 9.99. The van der Waals surface area contributed by atoms with Crippen LogP contribution in [0.15, 0.2) is 18.2 Å². The van der Waals surface area contributed by atoms with Gasteiger partial charge in [-0.05, 0) is 24.1 Å².